The summed E-state index contributed by atoms with van der Waals surface area (Å²) in [6.07, 6.45) is 0. The van der Waals surface area contributed by atoms with E-state index in [1.165, 1.54) is 35.6 Å². The number of carbonyl (C=O) groups excluding carboxylic acids is 1. The van der Waals surface area contributed by atoms with E-state index in [1.54, 1.807) is 19.1 Å². The molecule has 0 saturated carbocycles. The van der Waals surface area contributed by atoms with Gasteiger partial charge in [-0.15, -0.1) is 11.3 Å². The Morgan fingerprint density at radius 3 is 2.44 bits per heavy atom. The molecule has 5 nitrogen and oxygen atoms in total. The van der Waals surface area contributed by atoms with Gasteiger partial charge in [0.05, 0.1) is 26.0 Å². The van der Waals surface area contributed by atoms with Crippen molar-refractivity contribution in [1.82, 2.24) is 4.98 Å². The maximum atomic E-state index is 13.2. The quantitative estimate of drug-likeness (QED) is 0.609. The van der Waals surface area contributed by atoms with Gasteiger partial charge in [-0.3, -0.25) is 9.69 Å². The molecule has 1 aromatic heterocycles. The summed E-state index contributed by atoms with van der Waals surface area (Å²) in [5.74, 6) is 0.135. The number of ether oxygens (including phenoxy) is 2. The van der Waals surface area contributed by atoms with Crippen LogP contribution < -0.4 is 9.64 Å². The van der Waals surface area contributed by atoms with E-state index >= 15 is 0 Å². The summed E-state index contributed by atoms with van der Waals surface area (Å²) in [5, 5.41) is 2.46. The highest BCUT2D eigenvalue weighted by atomic mass is 32.1. The summed E-state index contributed by atoms with van der Waals surface area (Å²) in [6, 6.07) is 13.0. The Morgan fingerprint density at radius 1 is 1.11 bits per heavy atom. The van der Waals surface area contributed by atoms with Gasteiger partial charge in [-0.25, -0.2) is 9.37 Å². The van der Waals surface area contributed by atoms with Crippen LogP contribution in [0, 0.1) is 5.82 Å². The van der Waals surface area contributed by atoms with Gasteiger partial charge in [0.1, 0.15) is 11.6 Å². The fourth-order valence-electron chi connectivity index (χ4n) is 2.50. The standard InChI is InChI=1S/C20H19FN2O3S/c1-25-12-11-23(19(24)15-3-7-16(21)8-4-15)20-22-18(13-27-20)14-5-9-17(26-2)10-6-14/h3-10,13H,11-12H2,1-2H3. The van der Waals surface area contributed by atoms with Crippen molar-refractivity contribution in [3.63, 3.8) is 0 Å². The predicted molar refractivity (Wildman–Crippen MR) is 104 cm³/mol. The normalized spacial score (nSPS) is 10.6. The number of rotatable bonds is 7. The Bertz CT molecular complexity index is 894. The number of anilines is 1. The van der Waals surface area contributed by atoms with Crippen LogP contribution in [-0.2, 0) is 4.74 Å². The van der Waals surface area contributed by atoms with Crippen LogP contribution in [0.25, 0.3) is 11.3 Å². The average molecular weight is 386 g/mol. The first-order valence-electron chi connectivity index (χ1n) is 8.28. The zero-order chi connectivity index (χ0) is 19.2. The molecule has 0 N–H and O–H groups in total. The summed E-state index contributed by atoms with van der Waals surface area (Å²) < 4.78 is 23.5. The van der Waals surface area contributed by atoms with E-state index in [1.807, 2.05) is 29.6 Å². The van der Waals surface area contributed by atoms with Crippen LogP contribution >= 0.6 is 11.3 Å². The van der Waals surface area contributed by atoms with E-state index in [0.717, 1.165) is 17.0 Å². The van der Waals surface area contributed by atoms with Gasteiger partial charge in [-0.1, -0.05) is 0 Å². The molecule has 0 saturated heterocycles. The van der Waals surface area contributed by atoms with Crippen molar-refractivity contribution < 1.29 is 18.7 Å². The molecule has 3 aromatic rings. The van der Waals surface area contributed by atoms with Crippen molar-refractivity contribution in [2.24, 2.45) is 0 Å². The maximum absolute atomic E-state index is 13.2. The minimum absolute atomic E-state index is 0.248. The molecule has 2 aromatic carbocycles. The van der Waals surface area contributed by atoms with Crippen molar-refractivity contribution in [2.75, 3.05) is 32.3 Å². The molecule has 0 atom stereocenters. The molecule has 0 fully saturated rings. The number of halogens is 1. The third kappa shape index (κ3) is 4.50. The molecule has 0 aliphatic rings. The van der Waals surface area contributed by atoms with Gasteiger partial charge in [0.15, 0.2) is 5.13 Å². The van der Waals surface area contributed by atoms with Crippen LogP contribution in [0.1, 0.15) is 10.4 Å². The SMILES string of the molecule is COCCN(C(=O)c1ccc(F)cc1)c1nc(-c2ccc(OC)cc2)cs1. The van der Waals surface area contributed by atoms with E-state index in [2.05, 4.69) is 4.98 Å². The lowest BCUT2D eigenvalue weighted by atomic mass is 10.2. The highest BCUT2D eigenvalue weighted by Gasteiger charge is 2.21. The zero-order valence-corrected chi connectivity index (χ0v) is 15.8. The molecule has 0 bridgehead atoms. The Kier molecular flexibility index (Phi) is 6.16. The Balaban J connectivity index is 1.87. The van der Waals surface area contributed by atoms with Gasteiger partial charge in [0.25, 0.3) is 5.91 Å². The van der Waals surface area contributed by atoms with Gasteiger partial charge in [-0.2, -0.15) is 0 Å². The molecule has 0 aliphatic heterocycles. The van der Waals surface area contributed by atoms with Crippen molar-refractivity contribution in [3.8, 4) is 17.0 Å². The smallest absolute Gasteiger partial charge is 0.260 e. The molecule has 1 heterocycles. The van der Waals surface area contributed by atoms with Gasteiger partial charge < -0.3 is 9.47 Å². The third-order valence-electron chi connectivity index (χ3n) is 3.96. The van der Waals surface area contributed by atoms with E-state index in [0.29, 0.717) is 23.8 Å². The number of benzene rings is 2. The third-order valence-corrected chi connectivity index (χ3v) is 4.83. The zero-order valence-electron chi connectivity index (χ0n) is 15.0. The number of hydrogen-bond acceptors (Lipinski definition) is 5. The topological polar surface area (TPSA) is 51.7 Å². The highest BCUT2D eigenvalue weighted by Crippen LogP contribution is 2.29. The fraction of sp³-hybridized carbons (Fsp3) is 0.200. The summed E-state index contributed by atoms with van der Waals surface area (Å²) in [7, 11) is 3.19. The van der Waals surface area contributed by atoms with Crippen LogP contribution in [0.15, 0.2) is 53.9 Å². The van der Waals surface area contributed by atoms with Crippen LogP contribution in [0.3, 0.4) is 0 Å². The van der Waals surface area contributed by atoms with Crippen LogP contribution in [0.4, 0.5) is 9.52 Å². The second kappa shape index (κ2) is 8.75. The number of hydrogen-bond donors (Lipinski definition) is 0. The molecule has 0 aliphatic carbocycles. The second-order valence-electron chi connectivity index (χ2n) is 5.70. The van der Waals surface area contributed by atoms with Crippen molar-refractivity contribution >= 4 is 22.4 Å². The minimum atomic E-state index is -0.383. The van der Waals surface area contributed by atoms with E-state index in [9.17, 15) is 9.18 Å². The maximum Gasteiger partial charge on any atom is 0.260 e. The Hall–Kier alpha value is -2.77. The Labute approximate surface area is 161 Å². The van der Waals surface area contributed by atoms with Crippen LogP contribution in [-0.4, -0.2) is 38.3 Å². The fourth-order valence-corrected chi connectivity index (χ4v) is 3.36. The molecule has 3 rings (SSSR count). The molecule has 140 valence electrons. The van der Waals surface area contributed by atoms with Gasteiger partial charge in [0.2, 0.25) is 0 Å². The molecule has 7 heteroatoms. The molecular weight excluding hydrogens is 367 g/mol. The molecule has 0 radical (unpaired) electrons. The molecule has 0 unspecified atom stereocenters. The monoisotopic (exact) mass is 386 g/mol. The van der Waals surface area contributed by atoms with Crippen molar-refractivity contribution in [3.05, 3.63) is 65.3 Å². The summed E-state index contributed by atoms with van der Waals surface area (Å²) >= 11 is 1.37. The lowest BCUT2D eigenvalue weighted by molar-refractivity contribution is 0.0976. The van der Waals surface area contributed by atoms with Gasteiger partial charge in [-0.05, 0) is 48.5 Å². The lowest BCUT2D eigenvalue weighted by Gasteiger charge is -2.19. The molecule has 0 spiro atoms. The largest absolute Gasteiger partial charge is 0.497 e. The lowest BCUT2D eigenvalue weighted by Crippen LogP contribution is -2.33. The van der Waals surface area contributed by atoms with Crippen LogP contribution in [0.5, 0.6) is 5.75 Å². The summed E-state index contributed by atoms with van der Waals surface area (Å²) in [4.78, 5) is 19.0. The number of carbonyl (C=O) groups is 1. The number of aromatic nitrogens is 1. The van der Waals surface area contributed by atoms with Crippen molar-refractivity contribution in [2.45, 2.75) is 0 Å². The van der Waals surface area contributed by atoms with Gasteiger partial charge >= 0.3 is 0 Å². The number of amides is 1. The second-order valence-corrected chi connectivity index (χ2v) is 6.54. The summed E-state index contributed by atoms with van der Waals surface area (Å²) in [6.45, 7) is 0.715. The minimum Gasteiger partial charge on any atom is -0.497 e. The molecule has 27 heavy (non-hydrogen) atoms. The van der Waals surface area contributed by atoms with Crippen LogP contribution in [0.2, 0.25) is 0 Å². The first-order chi connectivity index (χ1) is 13.1. The van der Waals surface area contributed by atoms with Crippen molar-refractivity contribution in [1.29, 1.82) is 0 Å². The number of thiazole rings is 1. The van der Waals surface area contributed by atoms with E-state index in [4.69, 9.17) is 9.47 Å². The first-order valence-corrected chi connectivity index (χ1v) is 9.16. The van der Waals surface area contributed by atoms with Gasteiger partial charge in [0, 0.05) is 23.6 Å². The number of methoxy groups -OCH3 is 2. The summed E-state index contributed by atoms with van der Waals surface area (Å²) in [5.41, 5.74) is 2.10. The van der Waals surface area contributed by atoms with E-state index in [-0.39, 0.29) is 11.7 Å². The first kappa shape index (κ1) is 19.0. The van der Waals surface area contributed by atoms with E-state index < -0.39 is 0 Å². The predicted octanol–water partition coefficient (Wildman–Crippen LogP) is 4.25. The average Bonchev–Trinajstić information content (AvgIpc) is 3.18. The molecule has 1 amide bonds. The molecular formula is C20H19FN2O3S. The number of nitrogens with zero attached hydrogens (tertiary/aromatic N) is 2. The highest BCUT2D eigenvalue weighted by molar-refractivity contribution is 7.14. The Morgan fingerprint density at radius 2 is 1.81 bits per heavy atom.